The molecule has 0 saturated carbocycles. The highest BCUT2D eigenvalue weighted by atomic mass is 19.3. The largest absolute Gasteiger partial charge is 0.462 e. The van der Waals surface area contributed by atoms with Gasteiger partial charge < -0.3 is 9.72 Å². The van der Waals surface area contributed by atoms with Crippen LogP contribution in [0.25, 0.3) is 0 Å². The first-order valence-electron chi connectivity index (χ1n) is 4.66. The van der Waals surface area contributed by atoms with Gasteiger partial charge in [0, 0.05) is 0 Å². The van der Waals surface area contributed by atoms with Gasteiger partial charge in [-0.05, 0) is 25.5 Å². The summed E-state index contributed by atoms with van der Waals surface area (Å²) in [7, 11) is 0. The van der Waals surface area contributed by atoms with Gasteiger partial charge in [0.25, 0.3) is 12.0 Å². The molecule has 0 atom stereocenters. The van der Waals surface area contributed by atoms with Crippen LogP contribution in [-0.4, -0.2) is 17.6 Å². The number of aryl methyl sites for hydroxylation is 1. The maximum atomic E-state index is 12.4. The summed E-state index contributed by atoms with van der Waals surface area (Å²) in [6.07, 6.45) is -2.77. The summed E-state index contributed by atoms with van der Waals surface area (Å²) in [5.41, 5.74) is -1.45. The predicted octanol–water partition coefficient (Wildman–Crippen LogP) is 1.80. The van der Waals surface area contributed by atoms with Crippen LogP contribution in [0.1, 0.15) is 35.0 Å². The molecule has 6 heteroatoms. The number of nitrogens with one attached hydrogen (secondary N) is 1. The fourth-order valence-electron chi connectivity index (χ4n) is 1.24. The first kappa shape index (κ1) is 12.4. The number of H-pyrrole nitrogens is 1. The van der Waals surface area contributed by atoms with E-state index < -0.39 is 23.6 Å². The van der Waals surface area contributed by atoms with Crippen LogP contribution in [0.3, 0.4) is 0 Å². The van der Waals surface area contributed by atoms with E-state index in [-0.39, 0.29) is 17.7 Å². The summed E-state index contributed by atoms with van der Waals surface area (Å²) in [5, 5.41) is 0. The van der Waals surface area contributed by atoms with Crippen LogP contribution in [0.2, 0.25) is 0 Å². The topological polar surface area (TPSA) is 59.2 Å². The fraction of sp³-hybridized carbons (Fsp3) is 0.400. The normalized spacial score (nSPS) is 10.6. The molecular formula is C10H11F2NO3. The maximum absolute atomic E-state index is 12.4. The number of esters is 1. The molecular weight excluding hydrogens is 220 g/mol. The zero-order chi connectivity index (χ0) is 12.3. The number of hydrogen-bond acceptors (Lipinski definition) is 3. The number of carbonyl (C=O) groups excluding carboxylic acids is 1. The molecule has 0 aliphatic carbocycles. The Morgan fingerprint density at radius 3 is 2.69 bits per heavy atom. The van der Waals surface area contributed by atoms with Crippen LogP contribution in [0.15, 0.2) is 10.9 Å². The molecule has 0 aromatic carbocycles. The second-order valence-electron chi connectivity index (χ2n) is 3.13. The van der Waals surface area contributed by atoms with E-state index in [1.165, 1.54) is 6.92 Å². The highest BCUT2D eigenvalue weighted by molar-refractivity contribution is 5.89. The Morgan fingerprint density at radius 1 is 1.56 bits per heavy atom. The average molecular weight is 231 g/mol. The first-order chi connectivity index (χ1) is 7.47. The van der Waals surface area contributed by atoms with Crippen molar-refractivity contribution in [3.8, 4) is 0 Å². The van der Waals surface area contributed by atoms with Gasteiger partial charge in [-0.1, -0.05) is 0 Å². The lowest BCUT2D eigenvalue weighted by Crippen LogP contribution is -2.22. The van der Waals surface area contributed by atoms with Crippen molar-refractivity contribution in [1.29, 1.82) is 0 Å². The van der Waals surface area contributed by atoms with Gasteiger partial charge in [0.2, 0.25) is 0 Å². The van der Waals surface area contributed by atoms with E-state index in [1.807, 2.05) is 4.98 Å². The van der Waals surface area contributed by atoms with Crippen molar-refractivity contribution >= 4 is 5.97 Å². The monoisotopic (exact) mass is 231 g/mol. The predicted molar refractivity (Wildman–Crippen MR) is 52.7 cm³/mol. The van der Waals surface area contributed by atoms with Crippen molar-refractivity contribution < 1.29 is 18.3 Å². The van der Waals surface area contributed by atoms with Crippen molar-refractivity contribution in [2.75, 3.05) is 6.61 Å². The molecule has 16 heavy (non-hydrogen) atoms. The number of rotatable bonds is 3. The third-order valence-corrected chi connectivity index (χ3v) is 1.99. The lowest BCUT2D eigenvalue weighted by Gasteiger charge is -2.06. The number of carbonyl (C=O) groups is 1. The summed E-state index contributed by atoms with van der Waals surface area (Å²) in [4.78, 5) is 24.6. The Bertz CT molecular complexity index is 454. The molecule has 0 unspecified atom stereocenters. The van der Waals surface area contributed by atoms with E-state index >= 15 is 0 Å². The number of pyridine rings is 1. The Kier molecular flexibility index (Phi) is 3.76. The Balaban J connectivity index is 3.21. The number of halogens is 2. The van der Waals surface area contributed by atoms with Gasteiger partial charge in [0.15, 0.2) is 0 Å². The van der Waals surface area contributed by atoms with Crippen LogP contribution < -0.4 is 5.56 Å². The van der Waals surface area contributed by atoms with Crippen LogP contribution >= 0.6 is 0 Å². The van der Waals surface area contributed by atoms with Crippen LogP contribution in [0, 0.1) is 6.92 Å². The zero-order valence-electron chi connectivity index (χ0n) is 8.84. The van der Waals surface area contributed by atoms with Crippen molar-refractivity contribution in [2.45, 2.75) is 20.3 Å². The summed E-state index contributed by atoms with van der Waals surface area (Å²) < 4.78 is 29.4. The molecule has 1 heterocycles. The van der Waals surface area contributed by atoms with E-state index in [0.29, 0.717) is 0 Å². The molecule has 0 radical (unpaired) electrons. The molecule has 1 N–H and O–H groups in total. The number of hydrogen-bond donors (Lipinski definition) is 1. The van der Waals surface area contributed by atoms with Crippen molar-refractivity contribution in [2.24, 2.45) is 0 Å². The molecule has 88 valence electrons. The maximum Gasteiger partial charge on any atom is 0.343 e. The Morgan fingerprint density at radius 2 is 2.19 bits per heavy atom. The van der Waals surface area contributed by atoms with Gasteiger partial charge in [0.05, 0.1) is 12.3 Å². The van der Waals surface area contributed by atoms with E-state index in [0.717, 1.165) is 6.07 Å². The lowest BCUT2D eigenvalue weighted by molar-refractivity contribution is 0.0523. The van der Waals surface area contributed by atoms with E-state index in [9.17, 15) is 18.4 Å². The first-order valence-corrected chi connectivity index (χ1v) is 4.66. The van der Waals surface area contributed by atoms with Gasteiger partial charge in [0.1, 0.15) is 5.56 Å². The molecule has 0 spiro atoms. The summed E-state index contributed by atoms with van der Waals surface area (Å²) in [6, 6.07) is 1.11. The molecule has 0 fully saturated rings. The number of ether oxygens (including phenoxy) is 1. The van der Waals surface area contributed by atoms with Crippen molar-refractivity contribution in [3.63, 3.8) is 0 Å². The van der Waals surface area contributed by atoms with Crippen molar-refractivity contribution in [3.05, 3.63) is 33.2 Å². The smallest absolute Gasteiger partial charge is 0.343 e. The molecule has 4 nitrogen and oxygen atoms in total. The molecule has 0 aliphatic heterocycles. The molecule has 0 amide bonds. The van der Waals surface area contributed by atoms with Crippen LogP contribution in [0.5, 0.6) is 0 Å². The van der Waals surface area contributed by atoms with Gasteiger partial charge in [-0.25, -0.2) is 13.6 Å². The minimum atomic E-state index is -2.77. The lowest BCUT2D eigenvalue weighted by atomic mass is 10.1. The molecule has 0 aliphatic rings. The van der Waals surface area contributed by atoms with Crippen LogP contribution in [0.4, 0.5) is 8.78 Å². The Hall–Kier alpha value is -1.72. The second kappa shape index (κ2) is 4.87. The summed E-state index contributed by atoms with van der Waals surface area (Å²) in [5.74, 6) is -0.812. The standard InChI is InChI=1S/C10H11F2NO3/c1-3-16-10(15)6-4-5(2)7(8(11)12)13-9(6)14/h4,8H,3H2,1-2H3,(H,13,14). The Labute approximate surface area is 90.2 Å². The van der Waals surface area contributed by atoms with E-state index in [1.54, 1.807) is 6.92 Å². The molecule has 1 aromatic rings. The minimum Gasteiger partial charge on any atom is -0.462 e. The van der Waals surface area contributed by atoms with E-state index in [4.69, 9.17) is 0 Å². The molecule has 1 rings (SSSR count). The van der Waals surface area contributed by atoms with Crippen LogP contribution in [-0.2, 0) is 4.74 Å². The molecule has 0 saturated heterocycles. The molecule has 0 bridgehead atoms. The molecule has 1 aromatic heterocycles. The van der Waals surface area contributed by atoms with Gasteiger partial charge in [-0.2, -0.15) is 0 Å². The minimum absolute atomic E-state index is 0.119. The quantitative estimate of drug-likeness (QED) is 0.807. The number of alkyl halides is 2. The summed E-state index contributed by atoms with van der Waals surface area (Å²) >= 11 is 0. The number of aromatic amines is 1. The van der Waals surface area contributed by atoms with Crippen molar-refractivity contribution in [1.82, 2.24) is 4.98 Å². The van der Waals surface area contributed by atoms with Gasteiger partial charge in [-0.3, -0.25) is 4.79 Å². The summed E-state index contributed by atoms with van der Waals surface area (Å²) in [6.45, 7) is 3.10. The zero-order valence-corrected chi connectivity index (χ0v) is 8.84. The average Bonchev–Trinajstić information content (AvgIpc) is 2.20. The highest BCUT2D eigenvalue weighted by Crippen LogP contribution is 2.19. The highest BCUT2D eigenvalue weighted by Gasteiger charge is 2.18. The third kappa shape index (κ3) is 2.44. The fourth-order valence-corrected chi connectivity index (χ4v) is 1.24. The third-order valence-electron chi connectivity index (χ3n) is 1.99. The SMILES string of the molecule is CCOC(=O)c1cc(C)c(C(F)F)[nH]c1=O. The van der Waals surface area contributed by atoms with E-state index in [2.05, 4.69) is 4.74 Å². The van der Waals surface area contributed by atoms with Gasteiger partial charge >= 0.3 is 5.97 Å². The number of aromatic nitrogens is 1. The second-order valence-corrected chi connectivity index (χ2v) is 3.13. The van der Waals surface area contributed by atoms with Gasteiger partial charge in [-0.15, -0.1) is 0 Å².